The van der Waals surface area contributed by atoms with E-state index in [1.807, 2.05) is 0 Å². The van der Waals surface area contributed by atoms with E-state index in [2.05, 4.69) is 5.32 Å². The second-order valence-electron chi connectivity index (χ2n) is 3.23. The van der Waals surface area contributed by atoms with Gasteiger partial charge in [0.15, 0.2) is 0 Å². The first-order chi connectivity index (χ1) is 7.00. The Bertz CT molecular complexity index is 368. The monoisotopic (exact) mass is 214 g/mol. The fourth-order valence-corrected chi connectivity index (χ4v) is 1.22. The molecule has 0 bridgehead atoms. The van der Waals surface area contributed by atoms with Crippen molar-refractivity contribution in [1.82, 2.24) is 5.32 Å². The predicted molar refractivity (Wildman–Crippen MR) is 52.0 cm³/mol. The molecule has 1 aromatic carbocycles. The summed E-state index contributed by atoms with van der Waals surface area (Å²) in [4.78, 5) is 10.5. The summed E-state index contributed by atoms with van der Waals surface area (Å²) < 4.78 is 25.8. The van der Waals surface area contributed by atoms with Crippen LogP contribution in [-0.2, 0) is 4.79 Å². The SMILES string of the molecule is C[C@@H](NCC(N)=O)c1ccc(F)cc1F. The largest absolute Gasteiger partial charge is 0.369 e. The molecule has 0 aliphatic carbocycles. The highest BCUT2D eigenvalue weighted by molar-refractivity contribution is 5.75. The van der Waals surface area contributed by atoms with Crippen LogP contribution in [0.1, 0.15) is 18.5 Å². The first-order valence-electron chi connectivity index (χ1n) is 4.47. The van der Waals surface area contributed by atoms with Crippen LogP contribution < -0.4 is 11.1 Å². The van der Waals surface area contributed by atoms with E-state index in [9.17, 15) is 13.6 Å². The number of rotatable bonds is 4. The van der Waals surface area contributed by atoms with Crippen LogP contribution in [0.5, 0.6) is 0 Å². The van der Waals surface area contributed by atoms with Crippen LogP contribution in [0.25, 0.3) is 0 Å². The van der Waals surface area contributed by atoms with Gasteiger partial charge in [0.25, 0.3) is 0 Å². The quantitative estimate of drug-likeness (QED) is 0.788. The zero-order chi connectivity index (χ0) is 11.4. The lowest BCUT2D eigenvalue weighted by Gasteiger charge is -2.13. The third-order valence-corrected chi connectivity index (χ3v) is 2.01. The van der Waals surface area contributed by atoms with Crippen molar-refractivity contribution in [1.29, 1.82) is 0 Å². The number of carbonyl (C=O) groups excluding carboxylic acids is 1. The highest BCUT2D eigenvalue weighted by atomic mass is 19.1. The van der Waals surface area contributed by atoms with Gasteiger partial charge in [0.05, 0.1) is 6.54 Å². The molecular weight excluding hydrogens is 202 g/mol. The lowest BCUT2D eigenvalue weighted by atomic mass is 10.1. The van der Waals surface area contributed by atoms with E-state index in [1.165, 1.54) is 12.1 Å². The van der Waals surface area contributed by atoms with Gasteiger partial charge in [0.1, 0.15) is 11.6 Å². The third kappa shape index (κ3) is 3.28. The van der Waals surface area contributed by atoms with Crippen molar-refractivity contribution >= 4 is 5.91 Å². The summed E-state index contributed by atoms with van der Waals surface area (Å²) >= 11 is 0. The lowest BCUT2D eigenvalue weighted by Crippen LogP contribution is -2.30. The molecule has 1 amide bonds. The summed E-state index contributed by atoms with van der Waals surface area (Å²) in [5, 5.41) is 2.72. The number of nitrogens with two attached hydrogens (primary N) is 1. The van der Waals surface area contributed by atoms with Crippen molar-refractivity contribution < 1.29 is 13.6 Å². The Balaban J connectivity index is 2.73. The molecule has 1 rings (SSSR count). The maximum atomic E-state index is 13.2. The molecule has 3 N–H and O–H groups in total. The van der Waals surface area contributed by atoms with Gasteiger partial charge in [0.2, 0.25) is 5.91 Å². The lowest BCUT2D eigenvalue weighted by molar-refractivity contribution is -0.117. The minimum Gasteiger partial charge on any atom is -0.369 e. The van der Waals surface area contributed by atoms with Crippen LogP contribution in [0, 0.1) is 11.6 Å². The van der Waals surface area contributed by atoms with Crippen LogP contribution >= 0.6 is 0 Å². The van der Waals surface area contributed by atoms with Crippen LogP contribution in [0.15, 0.2) is 18.2 Å². The summed E-state index contributed by atoms with van der Waals surface area (Å²) in [6, 6.07) is 2.92. The zero-order valence-corrected chi connectivity index (χ0v) is 8.26. The number of halogens is 2. The molecule has 15 heavy (non-hydrogen) atoms. The number of hydrogen-bond donors (Lipinski definition) is 2. The number of carbonyl (C=O) groups is 1. The molecule has 0 radical (unpaired) electrons. The Hall–Kier alpha value is -1.49. The van der Waals surface area contributed by atoms with E-state index in [1.54, 1.807) is 6.92 Å². The molecule has 0 heterocycles. The molecule has 0 aliphatic rings. The van der Waals surface area contributed by atoms with Gasteiger partial charge in [-0.05, 0) is 13.0 Å². The van der Waals surface area contributed by atoms with Gasteiger partial charge >= 0.3 is 0 Å². The molecule has 0 aliphatic heterocycles. The van der Waals surface area contributed by atoms with E-state index in [0.717, 1.165) is 6.07 Å². The smallest absolute Gasteiger partial charge is 0.231 e. The minimum absolute atomic E-state index is 0.0437. The fraction of sp³-hybridized carbons (Fsp3) is 0.300. The summed E-state index contributed by atoms with van der Waals surface area (Å²) in [6.45, 7) is 1.62. The van der Waals surface area contributed by atoms with Crippen molar-refractivity contribution in [2.24, 2.45) is 5.73 Å². The topological polar surface area (TPSA) is 55.1 Å². The Morgan fingerprint density at radius 1 is 1.53 bits per heavy atom. The van der Waals surface area contributed by atoms with Crippen molar-refractivity contribution in [2.75, 3.05) is 6.54 Å². The molecule has 82 valence electrons. The van der Waals surface area contributed by atoms with Crippen molar-refractivity contribution in [3.05, 3.63) is 35.4 Å². The van der Waals surface area contributed by atoms with Gasteiger partial charge in [-0.2, -0.15) is 0 Å². The molecule has 0 fully saturated rings. The molecule has 0 saturated carbocycles. The number of benzene rings is 1. The van der Waals surface area contributed by atoms with Gasteiger partial charge in [-0.3, -0.25) is 4.79 Å². The minimum atomic E-state index is -0.639. The molecular formula is C10H12F2N2O. The second-order valence-corrected chi connectivity index (χ2v) is 3.23. The standard InChI is InChI=1S/C10H12F2N2O/c1-6(14-5-10(13)15)8-3-2-7(11)4-9(8)12/h2-4,6,14H,5H2,1H3,(H2,13,15)/t6-/m1/s1. The third-order valence-electron chi connectivity index (χ3n) is 2.01. The molecule has 3 nitrogen and oxygen atoms in total. The van der Waals surface area contributed by atoms with Crippen LogP contribution in [0.2, 0.25) is 0 Å². The van der Waals surface area contributed by atoms with Crippen LogP contribution in [-0.4, -0.2) is 12.5 Å². The van der Waals surface area contributed by atoms with Crippen molar-refractivity contribution in [2.45, 2.75) is 13.0 Å². The maximum Gasteiger partial charge on any atom is 0.231 e. The summed E-state index contributed by atoms with van der Waals surface area (Å²) in [5.74, 6) is -1.79. The second kappa shape index (κ2) is 4.84. The number of hydrogen-bond acceptors (Lipinski definition) is 2. The van der Waals surface area contributed by atoms with Crippen molar-refractivity contribution in [3.8, 4) is 0 Å². The molecule has 0 unspecified atom stereocenters. The van der Waals surface area contributed by atoms with Crippen LogP contribution in [0.3, 0.4) is 0 Å². The van der Waals surface area contributed by atoms with Gasteiger partial charge in [-0.15, -0.1) is 0 Å². The van der Waals surface area contributed by atoms with Crippen molar-refractivity contribution in [3.63, 3.8) is 0 Å². The van der Waals surface area contributed by atoms with E-state index in [4.69, 9.17) is 5.73 Å². The highest BCUT2D eigenvalue weighted by Crippen LogP contribution is 2.17. The van der Waals surface area contributed by atoms with Crippen LogP contribution in [0.4, 0.5) is 8.78 Å². The molecule has 5 heteroatoms. The normalized spacial score (nSPS) is 12.5. The Kier molecular flexibility index (Phi) is 3.74. The molecule has 0 saturated heterocycles. The summed E-state index contributed by atoms with van der Waals surface area (Å²) in [5.41, 5.74) is 5.23. The summed E-state index contributed by atoms with van der Waals surface area (Å²) in [6.07, 6.45) is 0. The average molecular weight is 214 g/mol. The van der Waals surface area contributed by atoms with E-state index >= 15 is 0 Å². The molecule has 0 aromatic heterocycles. The number of nitrogens with one attached hydrogen (secondary N) is 1. The maximum absolute atomic E-state index is 13.2. The van der Waals surface area contributed by atoms with Gasteiger partial charge < -0.3 is 11.1 Å². The Morgan fingerprint density at radius 2 is 2.20 bits per heavy atom. The summed E-state index contributed by atoms with van der Waals surface area (Å²) in [7, 11) is 0. The van der Waals surface area contributed by atoms with E-state index < -0.39 is 23.6 Å². The highest BCUT2D eigenvalue weighted by Gasteiger charge is 2.11. The molecule has 0 spiro atoms. The first kappa shape index (κ1) is 11.6. The fourth-order valence-electron chi connectivity index (χ4n) is 1.22. The van der Waals surface area contributed by atoms with Gasteiger partial charge in [0, 0.05) is 17.7 Å². The van der Waals surface area contributed by atoms with Gasteiger partial charge in [-0.25, -0.2) is 8.78 Å². The first-order valence-corrected chi connectivity index (χ1v) is 4.47. The zero-order valence-electron chi connectivity index (χ0n) is 8.26. The van der Waals surface area contributed by atoms with Gasteiger partial charge in [-0.1, -0.05) is 6.07 Å². The number of amides is 1. The molecule has 1 aromatic rings. The Labute approximate surface area is 86.3 Å². The average Bonchev–Trinajstić information content (AvgIpc) is 2.14. The number of primary amides is 1. The van der Waals surface area contributed by atoms with E-state index in [0.29, 0.717) is 5.56 Å². The van der Waals surface area contributed by atoms with E-state index in [-0.39, 0.29) is 6.54 Å². The Morgan fingerprint density at radius 3 is 2.73 bits per heavy atom. The molecule has 1 atom stereocenters. The predicted octanol–water partition coefficient (Wildman–Crippen LogP) is 1.10.